The third kappa shape index (κ3) is 5.27. The predicted molar refractivity (Wildman–Crippen MR) is 120 cm³/mol. The highest BCUT2D eigenvalue weighted by Gasteiger charge is 2.26. The second kappa shape index (κ2) is 9.43. The van der Waals surface area contributed by atoms with E-state index in [1.807, 2.05) is 23.3 Å². The fraction of sp³-hybridized carbons (Fsp3) is 0.435. The lowest BCUT2D eigenvalue weighted by molar-refractivity contribution is -0.117. The summed E-state index contributed by atoms with van der Waals surface area (Å²) in [6.07, 6.45) is 1.13. The molecule has 3 amide bonds. The van der Waals surface area contributed by atoms with E-state index < -0.39 is 6.04 Å². The zero-order valence-electron chi connectivity index (χ0n) is 17.9. The van der Waals surface area contributed by atoms with Crippen molar-refractivity contribution >= 4 is 34.7 Å². The first-order valence-corrected chi connectivity index (χ1v) is 11.2. The van der Waals surface area contributed by atoms with Crippen LogP contribution < -0.4 is 10.6 Å². The number of amides is 3. The molecule has 1 fully saturated rings. The zero-order valence-corrected chi connectivity index (χ0v) is 18.7. The summed E-state index contributed by atoms with van der Waals surface area (Å²) in [5.41, 5.74) is 2.01. The molecule has 0 aliphatic carbocycles. The molecule has 2 aromatic rings. The largest absolute Gasteiger partial charge is 0.340 e. The molecule has 160 valence electrons. The van der Waals surface area contributed by atoms with Crippen molar-refractivity contribution in [1.82, 2.24) is 10.2 Å². The lowest BCUT2D eigenvalue weighted by Gasteiger charge is -2.35. The number of nitrogens with one attached hydrogen (secondary N) is 2. The summed E-state index contributed by atoms with van der Waals surface area (Å²) < 4.78 is 0. The number of piperidine rings is 1. The highest BCUT2D eigenvalue weighted by Crippen LogP contribution is 2.24. The van der Waals surface area contributed by atoms with Gasteiger partial charge in [-0.25, -0.2) is 0 Å². The molecule has 0 saturated carbocycles. The summed E-state index contributed by atoms with van der Waals surface area (Å²) in [4.78, 5) is 40.3. The van der Waals surface area contributed by atoms with Crippen LogP contribution in [-0.2, 0) is 4.79 Å². The maximum absolute atomic E-state index is 13.0. The van der Waals surface area contributed by atoms with Gasteiger partial charge in [-0.05, 0) is 61.2 Å². The third-order valence-electron chi connectivity index (χ3n) is 5.38. The van der Waals surface area contributed by atoms with Crippen molar-refractivity contribution in [2.45, 2.75) is 40.2 Å². The second-order valence-corrected chi connectivity index (χ2v) is 9.30. The minimum atomic E-state index is -0.706. The van der Waals surface area contributed by atoms with Crippen LogP contribution in [0.1, 0.15) is 52.8 Å². The van der Waals surface area contributed by atoms with Crippen LogP contribution >= 0.6 is 11.3 Å². The summed E-state index contributed by atoms with van der Waals surface area (Å²) in [6, 6.07) is 8.18. The van der Waals surface area contributed by atoms with Crippen LogP contribution in [0, 0.1) is 18.8 Å². The lowest BCUT2D eigenvalue weighted by atomic mass is 9.91. The number of nitrogens with zero attached hydrogens (tertiary/aromatic N) is 1. The van der Waals surface area contributed by atoms with Gasteiger partial charge in [0.1, 0.15) is 6.04 Å². The number of benzene rings is 1. The van der Waals surface area contributed by atoms with Gasteiger partial charge in [-0.15, -0.1) is 11.3 Å². The maximum atomic E-state index is 13.0. The Morgan fingerprint density at radius 3 is 2.47 bits per heavy atom. The van der Waals surface area contributed by atoms with Crippen LogP contribution in [0.2, 0.25) is 0 Å². The molecule has 1 aliphatic rings. The van der Waals surface area contributed by atoms with E-state index in [4.69, 9.17) is 0 Å². The van der Waals surface area contributed by atoms with E-state index in [0.29, 0.717) is 28.0 Å². The van der Waals surface area contributed by atoms with Gasteiger partial charge in [0.15, 0.2) is 0 Å². The van der Waals surface area contributed by atoms with E-state index in [9.17, 15) is 14.4 Å². The minimum absolute atomic E-state index is 0.0112. The number of hydrogen-bond donors (Lipinski definition) is 2. The summed E-state index contributed by atoms with van der Waals surface area (Å²) in [5.74, 6) is 0.350. The molecule has 1 aromatic heterocycles. The number of rotatable bonds is 5. The van der Waals surface area contributed by atoms with Crippen LogP contribution in [0.4, 0.5) is 5.69 Å². The van der Waals surface area contributed by atoms with Crippen molar-refractivity contribution in [3.05, 3.63) is 51.7 Å². The van der Waals surface area contributed by atoms with Crippen molar-refractivity contribution in [2.24, 2.45) is 11.8 Å². The summed E-state index contributed by atoms with van der Waals surface area (Å²) >= 11 is 1.32. The van der Waals surface area contributed by atoms with Gasteiger partial charge in [0.25, 0.3) is 11.8 Å². The van der Waals surface area contributed by atoms with Crippen molar-refractivity contribution in [2.75, 3.05) is 18.4 Å². The van der Waals surface area contributed by atoms with E-state index in [2.05, 4.69) is 24.5 Å². The first kappa shape index (κ1) is 22.0. The normalized spacial score (nSPS) is 19.8. The Balaban J connectivity index is 1.68. The van der Waals surface area contributed by atoms with Crippen molar-refractivity contribution in [3.8, 4) is 0 Å². The molecule has 30 heavy (non-hydrogen) atoms. The Labute approximate surface area is 181 Å². The van der Waals surface area contributed by atoms with Crippen LogP contribution in [0.3, 0.4) is 0 Å². The molecular weight excluding hydrogens is 398 g/mol. The molecule has 1 aromatic carbocycles. The zero-order chi connectivity index (χ0) is 21.8. The van der Waals surface area contributed by atoms with Crippen LogP contribution in [0.25, 0.3) is 0 Å². The molecule has 3 rings (SSSR count). The molecule has 0 spiro atoms. The van der Waals surface area contributed by atoms with Crippen LogP contribution in [0.5, 0.6) is 0 Å². The van der Waals surface area contributed by atoms with Gasteiger partial charge in [0.2, 0.25) is 5.91 Å². The first-order valence-electron chi connectivity index (χ1n) is 10.3. The molecule has 3 atom stereocenters. The lowest BCUT2D eigenvalue weighted by Crippen LogP contribution is -2.42. The van der Waals surface area contributed by atoms with Crippen molar-refractivity contribution in [3.63, 3.8) is 0 Å². The molecule has 1 aliphatic heterocycles. The molecule has 2 heterocycles. The van der Waals surface area contributed by atoms with Crippen LogP contribution in [-0.4, -0.2) is 41.8 Å². The summed E-state index contributed by atoms with van der Waals surface area (Å²) in [6.45, 7) is 9.37. The van der Waals surface area contributed by atoms with Crippen molar-refractivity contribution < 1.29 is 14.4 Å². The SMILES string of the molecule is Cc1ccc(C(=O)N2CC(C)CC(C)C2)cc1NC(=O)C(C)NC(=O)c1cccs1. The Hall–Kier alpha value is -2.67. The Kier molecular flexibility index (Phi) is 6.92. The van der Waals surface area contributed by atoms with Gasteiger partial charge in [0, 0.05) is 24.3 Å². The molecule has 0 bridgehead atoms. The molecule has 1 saturated heterocycles. The van der Waals surface area contributed by atoms with Crippen molar-refractivity contribution in [1.29, 1.82) is 0 Å². The van der Waals surface area contributed by atoms with Gasteiger partial charge < -0.3 is 15.5 Å². The smallest absolute Gasteiger partial charge is 0.261 e. The molecule has 7 heteroatoms. The standard InChI is InChI=1S/C23H29N3O3S/c1-14-10-15(2)13-26(12-14)23(29)18-8-7-16(3)19(11-18)25-21(27)17(4)24-22(28)20-6-5-9-30-20/h5-9,11,14-15,17H,10,12-13H2,1-4H3,(H,24,28)(H,25,27). The molecule has 3 unspecified atom stereocenters. The quantitative estimate of drug-likeness (QED) is 0.759. The van der Waals surface area contributed by atoms with Gasteiger partial charge >= 0.3 is 0 Å². The number of carbonyl (C=O) groups is 3. The Morgan fingerprint density at radius 1 is 1.13 bits per heavy atom. The van der Waals surface area contributed by atoms with Gasteiger partial charge in [-0.3, -0.25) is 14.4 Å². The molecule has 6 nitrogen and oxygen atoms in total. The monoisotopic (exact) mass is 427 g/mol. The Morgan fingerprint density at radius 2 is 1.83 bits per heavy atom. The van der Waals surface area contributed by atoms with E-state index in [1.54, 1.807) is 31.2 Å². The van der Waals surface area contributed by atoms with Gasteiger partial charge in [0.05, 0.1) is 4.88 Å². The number of thiophene rings is 1. The average Bonchev–Trinajstić information content (AvgIpc) is 3.23. The van der Waals surface area contributed by atoms with Gasteiger partial charge in [-0.2, -0.15) is 0 Å². The fourth-order valence-electron chi connectivity index (χ4n) is 3.88. The Bertz CT molecular complexity index is 916. The maximum Gasteiger partial charge on any atom is 0.261 e. The fourth-order valence-corrected chi connectivity index (χ4v) is 4.51. The van der Waals surface area contributed by atoms with E-state index >= 15 is 0 Å². The molecule has 0 radical (unpaired) electrons. The topological polar surface area (TPSA) is 78.5 Å². The predicted octanol–water partition coefficient (Wildman–Crippen LogP) is 3.93. The highest BCUT2D eigenvalue weighted by atomic mass is 32.1. The summed E-state index contributed by atoms with van der Waals surface area (Å²) in [5, 5.41) is 7.38. The second-order valence-electron chi connectivity index (χ2n) is 8.35. The number of hydrogen-bond acceptors (Lipinski definition) is 4. The van der Waals surface area contributed by atoms with E-state index in [1.165, 1.54) is 11.3 Å². The van der Waals surface area contributed by atoms with Gasteiger partial charge in [-0.1, -0.05) is 26.0 Å². The van der Waals surface area contributed by atoms with Crippen LogP contribution in [0.15, 0.2) is 35.7 Å². The van der Waals surface area contributed by atoms with E-state index in [-0.39, 0.29) is 17.7 Å². The number of carbonyl (C=O) groups excluding carboxylic acids is 3. The molecule has 2 N–H and O–H groups in total. The third-order valence-corrected chi connectivity index (χ3v) is 6.25. The highest BCUT2D eigenvalue weighted by molar-refractivity contribution is 7.12. The number of anilines is 1. The minimum Gasteiger partial charge on any atom is -0.340 e. The van der Waals surface area contributed by atoms with E-state index in [0.717, 1.165) is 25.1 Å². The number of likely N-dealkylation sites (tertiary alicyclic amines) is 1. The molecular formula is C23H29N3O3S. The number of aryl methyl sites for hydroxylation is 1. The average molecular weight is 428 g/mol. The first-order chi connectivity index (χ1) is 14.2. The summed E-state index contributed by atoms with van der Waals surface area (Å²) in [7, 11) is 0.